The molecule has 37 heteroatoms. The molecule has 11 aliphatic heterocycles. The fourth-order valence-electron chi connectivity index (χ4n) is 22.5. The molecule has 12 heterocycles. The molecule has 1 unspecified atom stereocenters. The van der Waals surface area contributed by atoms with Crippen LogP contribution in [0.2, 0.25) is 0 Å². The van der Waals surface area contributed by atoms with Gasteiger partial charge in [0.15, 0.2) is 6.54 Å². The quantitative estimate of drug-likeness (QED) is 0.0199. The Hall–Kier alpha value is -6.07. The molecule has 4 radical (unpaired) electrons. The first-order valence-electron chi connectivity index (χ1n) is 45.5. The monoisotopic (exact) mass is 2270 g/mol. The van der Waals surface area contributed by atoms with Crippen molar-refractivity contribution < 1.29 is 197 Å². The molecule has 11 aliphatic rings. The van der Waals surface area contributed by atoms with Crippen molar-refractivity contribution in [2.45, 2.75) is 224 Å². The standard InChI is InChI=1S/C17H20BrFN2O2.C17H24N5.C17H22N3.C17H24N3.C16H22N3.C14H22N4O4.C2HF3O2.CH4.4Y/c1-3-4-17-10(2)7-21(9-15(22)23)8-14(17)20-16-12(17)5-11(18)6-13(16)19;1-10-6-11(2)15-13(7-10)17(4-5-18)12(3)8-22(16(19)20)9-14(17)21-15;1-11-7-12(2)15-14(8-11)16-5-6-18-17(16,19-15)10-20(4)9-13(16)3;1-11-7-12(2)16-14(8-11)17(5-6-18)13(3)9-20(4)10-15(17)19-16;1-10-6-11(2)15-13(7-10)16(4-5-17)12(3)8-18-9-14(16)19-15;1-13(2,3)21-11(19)16-10(18-9-7-8-15-18)17-12(20)22-14(4,5)6;3-2(4,5)1(6)7;;;;;/h5-6,14,20H,2-4,7-9H2,1H3,(H,22,23);6-7,14,18,21H,3-5,8-9H2,1-2H3,(H3,19,20);7-8,19H,3,5-6,9-10H2,1-2,4H3;7-8,15,18-19H,3,5-6,9-10H2,1-2,4H3;6-7,14,17-19H,3-5,8-9H2,1-2H3;7-9H,1-6H3,(H,16,17,19,20);(H,6,7);1H4;;;;/q;4*-1;;;;;;;/p+1/t2*14-,17-;16-,17-;15-,17-;14-,16-;;;;;;;/m00000......./s1. The number of aliphatic carboxylic acids is 2. The van der Waals surface area contributed by atoms with Gasteiger partial charge in [-0.15, -0.1) is 31.2 Å². The van der Waals surface area contributed by atoms with Gasteiger partial charge in [-0.25, -0.2) is 23.5 Å². The number of nitrogens with two attached hydrogens (primary N) is 2. The molecular weight excluding hydrogens is 2130 g/mol. The van der Waals surface area contributed by atoms with Gasteiger partial charge in [0, 0.05) is 237 Å². The summed E-state index contributed by atoms with van der Waals surface area (Å²) in [6.07, 6.45) is 1.68. The smallest absolute Gasteiger partial charge is 0.437 e. The maximum absolute atomic E-state index is 14.4. The number of piperidine rings is 5. The second-order valence-electron chi connectivity index (χ2n) is 39.6. The van der Waals surface area contributed by atoms with Crippen LogP contribution in [-0.2, 0) is 177 Å². The van der Waals surface area contributed by atoms with E-state index in [1.54, 1.807) is 47.6 Å². The molecule has 138 heavy (non-hydrogen) atoms. The van der Waals surface area contributed by atoms with E-state index in [2.05, 4.69) is 231 Å². The van der Waals surface area contributed by atoms with Gasteiger partial charge in [0.25, 0.3) is 0 Å². The number of likely N-dealkylation sites (tertiary alicyclic amines) is 3. The van der Waals surface area contributed by atoms with Gasteiger partial charge >= 0.3 is 30.3 Å². The van der Waals surface area contributed by atoms with Gasteiger partial charge in [0.05, 0.1) is 56.0 Å². The van der Waals surface area contributed by atoms with Crippen LogP contribution in [0, 0.1) is 61.2 Å². The van der Waals surface area contributed by atoms with E-state index in [1.165, 1.54) is 129 Å². The molecule has 5 aromatic carbocycles. The van der Waals surface area contributed by atoms with Gasteiger partial charge < -0.3 is 93.6 Å². The first kappa shape index (κ1) is 121. The van der Waals surface area contributed by atoms with E-state index in [0.29, 0.717) is 63.0 Å². The number of rotatable bonds is 10. The Morgan fingerprint density at radius 3 is 1.62 bits per heavy atom. The number of carbonyl (C=O) groups is 4. The number of hydrogen-bond donors (Lipinski definition) is 11. The van der Waals surface area contributed by atoms with E-state index in [1.807, 2.05) is 10.6 Å². The Labute approximate surface area is 922 Å². The maximum atomic E-state index is 14.4. The van der Waals surface area contributed by atoms with E-state index in [0.717, 1.165) is 117 Å². The molecule has 17 rings (SSSR count). The molecule has 6 fully saturated rings. The molecule has 0 spiro atoms. The number of hydrogen-bond acceptors (Lipinski definition) is 16. The summed E-state index contributed by atoms with van der Waals surface area (Å²) < 4.78 is 60.1. The Balaban J connectivity index is 0.000000249. The van der Waals surface area contributed by atoms with Crippen molar-refractivity contribution in [1.82, 2.24) is 30.2 Å². The number of likely N-dealkylation sites (N-methyl/N-ethyl adjacent to an activating group) is 2. The predicted molar refractivity (Wildman–Crippen MR) is 530 cm³/mol. The van der Waals surface area contributed by atoms with Crippen molar-refractivity contribution in [3.8, 4) is 0 Å². The van der Waals surface area contributed by atoms with Crippen LogP contribution < -0.4 is 58.7 Å². The van der Waals surface area contributed by atoms with Crippen LogP contribution >= 0.6 is 15.9 Å². The third kappa shape index (κ3) is 25.0. The first-order chi connectivity index (χ1) is 62.2. The topological polar surface area (TPSA) is 396 Å². The van der Waals surface area contributed by atoms with Crippen molar-refractivity contribution in [1.29, 1.82) is 0 Å². The van der Waals surface area contributed by atoms with Gasteiger partial charge in [0.1, 0.15) is 23.0 Å². The number of guanidine groups is 1. The molecule has 6 aromatic rings. The summed E-state index contributed by atoms with van der Waals surface area (Å²) in [7, 11) is 4.32. The van der Waals surface area contributed by atoms with Crippen LogP contribution in [0.1, 0.15) is 167 Å². The average Bonchev–Trinajstić information content (AvgIpc) is 1.51. The summed E-state index contributed by atoms with van der Waals surface area (Å²) in [5.74, 6) is -3.86. The SMILES string of the molecule is C.C=C1CN(C)C[C@@H]2Nc3c(C)cc(C)cc3[C@]12CC[NH-].C=C1CN(C)C[C@@]23[N-]CC[C@@]12c1cc(C)cc(C)c1N3.C=C1CNC[C@@H]2Nc3c(C)cc(C)cc3[C@]12CC[NH-].C=C1C[N+](=C(N)N)C[C@@H]2Nc3c(C)cc(C)cc3[C@]12CC[NH-].C=C1C[NH+](CC(=O)O)C[C@@H]2Nc3c(F)cc(Br)cc3[C@]12CCC.CC(C)(C)OC(=O)N=C(NC(=O)OC(C)(C)C)n1cccn1.O=C([O-])C(F)(F)F.[Y].[Y].[Y].[Y]. The predicted octanol–water partition coefficient (Wildman–Crippen LogP) is 15.2. The van der Waals surface area contributed by atoms with Crippen molar-refractivity contribution >= 4 is 80.4 Å². The van der Waals surface area contributed by atoms with E-state index < -0.39 is 41.5 Å². The number of alkyl carbamates (subject to hydrolysis) is 1. The van der Waals surface area contributed by atoms with E-state index in [-0.39, 0.29) is 201 Å². The number of aromatic nitrogens is 2. The number of ether oxygens (including phenoxy) is 2. The van der Waals surface area contributed by atoms with Crippen LogP contribution in [0.5, 0.6) is 0 Å². The van der Waals surface area contributed by atoms with Crippen molar-refractivity contribution in [3.63, 3.8) is 0 Å². The number of nitrogens with zero attached hydrogens (tertiary/aromatic N) is 7. The Kier molecular flexibility index (Phi) is 42.2. The van der Waals surface area contributed by atoms with Crippen LogP contribution in [-0.4, -0.2) is 225 Å². The summed E-state index contributed by atoms with van der Waals surface area (Å²) in [5, 5.41) is 50.8. The average molecular weight is 2270 g/mol. The third-order valence-electron chi connectivity index (χ3n) is 27.5. The second kappa shape index (κ2) is 48.3. The molecule has 0 aliphatic carbocycles. The minimum Gasteiger partial charge on any atom is -0.677 e. The van der Waals surface area contributed by atoms with Crippen LogP contribution in [0.3, 0.4) is 0 Å². The molecule has 2 amide bonds. The number of carbonyl (C=O) groups excluding carboxylic acids is 3. The third-order valence-corrected chi connectivity index (χ3v) is 28.0. The summed E-state index contributed by atoms with van der Waals surface area (Å²) in [4.78, 5) is 52.8. The van der Waals surface area contributed by atoms with Gasteiger partial charge in [-0.2, -0.15) is 18.3 Å². The molecule has 11 atom stereocenters. The van der Waals surface area contributed by atoms with E-state index >= 15 is 0 Å². The van der Waals surface area contributed by atoms with Gasteiger partial charge in [-0.05, 0) is 203 Å². The maximum Gasteiger partial charge on any atom is 0.437 e. The number of fused-ring (bicyclic) bond motifs is 13. The van der Waals surface area contributed by atoms with Gasteiger partial charge in [-0.3, -0.25) is 21.4 Å². The number of anilines is 5. The summed E-state index contributed by atoms with van der Waals surface area (Å²) in [6, 6.07) is 24.1. The van der Waals surface area contributed by atoms with Crippen molar-refractivity contribution in [3.05, 3.63) is 245 Å². The minimum absolute atomic E-state index is 0. The van der Waals surface area contributed by atoms with Gasteiger partial charge in [0.2, 0.25) is 5.96 Å². The number of aryl methyl sites for hydroxylation is 8. The fourth-order valence-corrected chi connectivity index (χ4v) is 22.9. The number of nitrogens with one attached hydrogen (secondary N) is 11. The van der Waals surface area contributed by atoms with Crippen molar-refractivity contribution in [2.24, 2.45) is 16.5 Å². The molecular formula is C101H140BrF4N20O8Y4-3. The second-order valence-corrected chi connectivity index (χ2v) is 40.5. The summed E-state index contributed by atoms with van der Waals surface area (Å²) in [5.41, 5.74) is 61.2. The van der Waals surface area contributed by atoms with Gasteiger partial charge in [-0.1, -0.05) is 183 Å². The zero-order chi connectivity index (χ0) is 98.1. The zero-order valence-corrected chi connectivity index (χ0v) is 95.4. The number of alkyl halides is 3. The number of halogens is 5. The number of carboxylic acids is 2. The number of benzene rings is 5. The van der Waals surface area contributed by atoms with Crippen molar-refractivity contribution in [2.75, 3.05) is 139 Å². The van der Waals surface area contributed by atoms with E-state index in [9.17, 15) is 31.9 Å². The fraction of sp³-hybridized carbons (Fsp3) is 0.515. The van der Waals surface area contributed by atoms with Crippen LogP contribution in [0.15, 0.2) is 149 Å². The molecule has 1 aromatic heterocycles. The van der Waals surface area contributed by atoms with Crippen LogP contribution in [0.4, 0.5) is 55.6 Å². The zero-order valence-electron chi connectivity index (χ0n) is 82.5. The Bertz CT molecular complexity index is 5570. The number of quaternary nitrogens is 1. The molecule has 0 saturated carbocycles. The number of carboxylic acid groups (broad SMARTS) is 2. The molecule has 28 nitrogen and oxygen atoms in total. The molecule has 0 bridgehead atoms. The Morgan fingerprint density at radius 2 is 1.13 bits per heavy atom. The van der Waals surface area contributed by atoms with Crippen LogP contribution in [0.25, 0.3) is 22.5 Å². The molecule has 742 valence electrons. The first-order valence-corrected chi connectivity index (χ1v) is 46.2. The minimum atomic E-state index is -5.19. The largest absolute Gasteiger partial charge is 0.677 e. The molecule has 16 N–H and O–H groups in total. The normalized spacial score (nSPS) is 24.9. The van der Waals surface area contributed by atoms with E-state index in [4.69, 9.17) is 58.5 Å². The summed E-state index contributed by atoms with van der Waals surface area (Å²) in [6.45, 7) is 62.2. The number of amides is 2. The molecule has 6 saturated heterocycles. The number of aliphatic imine (C=N–C) groups is 1. The Morgan fingerprint density at radius 1 is 0.659 bits per heavy atom. The summed E-state index contributed by atoms with van der Waals surface area (Å²) >= 11 is 3.39.